The van der Waals surface area contributed by atoms with Crippen LogP contribution >= 0.6 is 0 Å². The van der Waals surface area contributed by atoms with Crippen LogP contribution in [0.2, 0.25) is 0 Å². The predicted octanol–water partition coefficient (Wildman–Crippen LogP) is 5.14. The van der Waals surface area contributed by atoms with E-state index in [4.69, 9.17) is 0 Å². The second kappa shape index (κ2) is 10.3. The van der Waals surface area contributed by atoms with Crippen molar-refractivity contribution in [2.24, 2.45) is 23.2 Å². The van der Waals surface area contributed by atoms with Crippen molar-refractivity contribution in [1.29, 1.82) is 0 Å². The number of hydrogen-bond acceptors (Lipinski definition) is 4. The van der Waals surface area contributed by atoms with E-state index in [2.05, 4.69) is 18.2 Å². The summed E-state index contributed by atoms with van der Waals surface area (Å²) in [4.78, 5) is 58.6. The van der Waals surface area contributed by atoms with Crippen molar-refractivity contribution in [1.82, 2.24) is 27.9 Å². The van der Waals surface area contributed by atoms with Crippen LogP contribution in [-0.4, -0.2) is 27.9 Å². The average Bonchev–Trinajstić information content (AvgIpc) is 3.98. The molecule has 2 bridgehead atoms. The third kappa shape index (κ3) is 3.48. The van der Waals surface area contributed by atoms with E-state index >= 15 is 0 Å². The van der Waals surface area contributed by atoms with E-state index in [1.807, 2.05) is 81.1 Å². The Balaban J connectivity index is 1.09. The Morgan fingerprint density at radius 2 is 1.17 bits per heavy atom. The molecular weight excluding hydrogens is 652 g/mol. The highest BCUT2D eigenvalue weighted by Crippen LogP contribution is 2.78. The molecule has 2 spiro atoms. The number of fused-ring (bicyclic) bond motifs is 10. The van der Waals surface area contributed by atoms with Crippen LogP contribution in [0.4, 0.5) is 0 Å². The molecule has 7 aliphatic rings. The van der Waals surface area contributed by atoms with Crippen molar-refractivity contribution < 1.29 is 0 Å². The summed E-state index contributed by atoms with van der Waals surface area (Å²) < 4.78 is 10.5. The highest BCUT2D eigenvalue weighted by molar-refractivity contribution is 5.46. The van der Waals surface area contributed by atoms with Crippen LogP contribution in [0, 0.1) is 37.0 Å². The van der Waals surface area contributed by atoms with Gasteiger partial charge in [-0.1, -0.05) is 116 Å². The molecule has 5 aliphatic carbocycles. The number of nitrogens with zero attached hydrogens (tertiary/aromatic N) is 6. The molecule has 0 amide bonds. The summed E-state index contributed by atoms with van der Waals surface area (Å²) in [6.45, 7) is 4.57. The monoisotopic (exact) mass is 698 g/mol. The van der Waals surface area contributed by atoms with Gasteiger partial charge in [0.05, 0.1) is 36.3 Å². The molecule has 268 valence electrons. The number of benzene rings is 2. The molecule has 6 atom stereocenters. The van der Waals surface area contributed by atoms with Gasteiger partial charge in [-0.2, -0.15) is 0 Å². The van der Waals surface area contributed by atoms with E-state index < -0.39 is 16.5 Å². The van der Waals surface area contributed by atoms with Gasteiger partial charge < -0.3 is 0 Å². The third-order valence-corrected chi connectivity index (χ3v) is 15.0. The average molecular weight is 699 g/mol. The maximum absolute atomic E-state index is 14.7. The van der Waals surface area contributed by atoms with Crippen molar-refractivity contribution >= 4 is 0 Å². The summed E-state index contributed by atoms with van der Waals surface area (Å²) in [6, 6.07) is 15.7. The van der Waals surface area contributed by atoms with Gasteiger partial charge in [0, 0.05) is 17.3 Å². The SMILES string of the molecule is Cc1ccc(Cn2c(=O)n3n(c2=O)C2(CCCCC2)C2=C[C@H]4[C@@H](C23)[C@@H]2C=C[C@@]43C2n2c(=O)n(Cc4ccc(C)cc4)c(=O)n2C32CCCCC2)cc1. The maximum Gasteiger partial charge on any atom is 0.348 e. The lowest BCUT2D eigenvalue weighted by atomic mass is 9.57. The Labute approximate surface area is 301 Å². The fourth-order valence-electron chi connectivity index (χ4n) is 13.0. The van der Waals surface area contributed by atoms with E-state index in [0.29, 0.717) is 0 Å². The van der Waals surface area contributed by atoms with Crippen LogP contribution in [0.1, 0.15) is 98.5 Å². The van der Waals surface area contributed by atoms with Crippen LogP contribution in [-0.2, 0) is 24.2 Å². The lowest BCUT2D eigenvalue weighted by Gasteiger charge is -2.49. The van der Waals surface area contributed by atoms with Gasteiger partial charge in [0.25, 0.3) is 0 Å². The second-order valence-corrected chi connectivity index (χ2v) is 17.3. The predicted molar refractivity (Wildman–Crippen MR) is 197 cm³/mol. The molecule has 52 heavy (non-hydrogen) atoms. The molecule has 10 heteroatoms. The summed E-state index contributed by atoms with van der Waals surface area (Å²) in [5.74, 6) is 0.0514. The van der Waals surface area contributed by atoms with Crippen LogP contribution < -0.4 is 22.8 Å². The van der Waals surface area contributed by atoms with E-state index in [1.54, 1.807) is 0 Å². The maximum atomic E-state index is 14.7. The quantitative estimate of drug-likeness (QED) is 0.276. The number of allylic oxidation sites excluding steroid dienone is 4. The standard InChI is InChI=1S/C42H46N6O4/c1-26-9-13-28(14-10-26)24-43-36(49)45-34-32(40(47(45)38(43)51)18-5-3-6-19-40)23-31-33(34)30-17-22-42(31)35(30)46-37(50)44(25-29-15-11-27(2)12-16-29)39(52)48(46)41(42)20-7-4-8-21-41/h9-17,22-23,30-31,33-35H,3-8,18-21,24-25H2,1-2H3/t30-,31-,33-,34?,35?,42-/m0/s1. The number of aryl methyl sites for hydroxylation is 2. The highest BCUT2D eigenvalue weighted by Gasteiger charge is 2.79. The summed E-state index contributed by atoms with van der Waals surface area (Å²) >= 11 is 0. The van der Waals surface area contributed by atoms with Gasteiger partial charge >= 0.3 is 22.8 Å². The smallest absolute Gasteiger partial charge is 0.246 e. The first kappa shape index (κ1) is 31.0. The van der Waals surface area contributed by atoms with Crippen molar-refractivity contribution in [2.75, 3.05) is 0 Å². The third-order valence-electron chi connectivity index (χ3n) is 15.0. The largest absolute Gasteiger partial charge is 0.348 e. The van der Waals surface area contributed by atoms with Gasteiger partial charge in [0.2, 0.25) is 0 Å². The molecule has 4 aromatic rings. The van der Waals surface area contributed by atoms with E-state index in [0.717, 1.165) is 86.5 Å². The molecular formula is C42H46N6O4. The van der Waals surface area contributed by atoms with Crippen LogP contribution in [0.5, 0.6) is 0 Å². The Morgan fingerprint density at radius 1 is 0.635 bits per heavy atom. The van der Waals surface area contributed by atoms with Crippen LogP contribution in [0.15, 0.2) is 91.5 Å². The number of hydrogen-bond donors (Lipinski definition) is 0. The Morgan fingerprint density at radius 3 is 1.77 bits per heavy atom. The van der Waals surface area contributed by atoms with Gasteiger partial charge in [-0.3, -0.25) is 0 Å². The van der Waals surface area contributed by atoms with Gasteiger partial charge in [-0.05, 0) is 62.1 Å². The molecule has 0 radical (unpaired) electrons. The normalized spacial score (nSPS) is 30.8. The minimum atomic E-state index is -0.521. The topological polar surface area (TPSA) is 97.9 Å². The van der Waals surface area contributed by atoms with Crippen molar-refractivity contribution in [3.05, 3.63) is 137 Å². The molecule has 3 fully saturated rings. The number of aromatic nitrogens is 6. The lowest BCUT2D eigenvalue weighted by Crippen LogP contribution is -2.53. The summed E-state index contributed by atoms with van der Waals surface area (Å²) in [5, 5.41) is 0. The zero-order chi connectivity index (χ0) is 35.3. The first-order valence-electron chi connectivity index (χ1n) is 19.6. The van der Waals surface area contributed by atoms with Crippen molar-refractivity contribution in [3.63, 3.8) is 0 Å². The highest BCUT2D eigenvalue weighted by atomic mass is 16.2. The van der Waals surface area contributed by atoms with Crippen LogP contribution in [0.3, 0.4) is 0 Å². The van der Waals surface area contributed by atoms with E-state index in [9.17, 15) is 19.2 Å². The molecule has 0 saturated heterocycles. The fraction of sp³-hybridized carbons (Fsp3) is 0.524. The number of rotatable bonds is 4. The Bertz CT molecular complexity index is 2470. The molecule has 0 N–H and O–H groups in total. The van der Waals surface area contributed by atoms with Gasteiger partial charge in [-0.15, -0.1) is 0 Å². The fourth-order valence-corrected chi connectivity index (χ4v) is 13.0. The zero-order valence-corrected chi connectivity index (χ0v) is 30.0. The van der Waals surface area contributed by atoms with Gasteiger partial charge in [0.1, 0.15) is 0 Å². The summed E-state index contributed by atoms with van der Waals surface area (Å²) in [5.41, 5.74) is 3.07. The second-order valence-electron chi connectivity index (χ2n) is 17.3. The Kier molecular flexibility index (Phi) is 6.13. The molecule has 2 aromatic heterocycles. The van der Waals surface area contributed by atoms with Crippen molar-refractivity contribution in [2.45, 2.75) is 114 Å². The molecule has 10 nitrogen and oxygen atoms in total. The molecule has 2 aromatic carbocycles. The summed E-state index contributed by atoms with van der Waals surface area (Å²) in [7, 11) is 0. The van der Waals surface area contributed by atoms with Crippen molar-refractivity contribution in [3.8, 4) is 0 Å². The molecule has 2 aliphatic heterocycles. The zero-order valence-electron chi connectivity index (χ0n) is 30.0. The molecule has 4 heterocycles. The minimum absolute atomic E-state index is 0.0277. The van der Waals surface area contributed by atoms with E-state index in [-0.39, 0.29) is 65.7 Å². The van der Waals surface area contributed by atoms with Crippen LogP contribution in [0.25, 0.3) is 0 Å². The Hall–Kier alpha value is -4.60. The van der Waals surface area contributed by atoms with Gasteiger partial charge in [-0.25, -0.2) is 47.0 Å². The molecule has 3 saturated carbocycles. The summed E-state index contributed by atoms with van der Waals surface area (Å²) in [6.07, 6.45) is 16.9. The lowest BCUT2D eigenvalue weighted by molar-refractivity contribution is 0.0375. The van der Waals surface area contributed by atoms with E-state index in [1.165, 1.54) is 14.7 Å². The molecule has 2 unspecified atom stereocenters. The minimum Gasteiger partial charge on any atom is -0.246 e. The van der Waals surface area contributed by atoms with Gasteiger partial charge in [0.15, 0.2) is 0 Å². The first-order valence-corrected chi connectivity index (χ1v) is 19.6. The molecule has 11 rings (SSSR count). The first-order chi connectivity index (χ1) is 25.2.